The number of carbonyl (C=O) groups is 2. The van der Waals surface area contributed by atoms with E-state index >= 15 is 0 Å². The Kier molecular flexibility index (Phi) is 6.34. The molecule has 0 aliphatic heterocycles. The summed E-state index contributed by atoms with van der Waals surface area (Å²) in [4.78, 5) is 22.3. The Hall–Kier alpha value is -2.69. The minimum absolute atomic E-state index is 0.614. The first-order valence-corrected chi connectivity index (χ1v) is 10.0. The second kappa shape index (κ2) is 7.87. The van der Waals surface area contributed by atoms with Crippen molar-refractivity contribution >= 4 is 11.9 Å². The molecule has 5 nitrogen and oxygen atoms in total. The van der Waals surface area contributed by atoms with E-state index in [4.69, 9.17) is 0 Å². The highest BCUT2D eigenvalue weighted by Crippen LogP contribution is 2.92. The van der Waals surface area contributed by atoms with Gasteiger partial charge in [-0.15, -0.1) is 8.78 Å². The van der Waals surface area contributed by atoms with Gasteiger partial charge in [0.2, 0.25) is 0 Å². The molecule has 0 saturated heterocycles. The number of rotatable bonds is 7. The second-order valence-electron chi connectivity index (χ2n) is 9.08. The Morgan fingerprint density at radius 1 is 0.619 bits per heavy atom. The minimum Gasteiger partial charge on any atom is -0.450 e. The average molecular weight is 664 g/mol. The largest absolute Gasteiger partial charge is 0.542 e. The topological polar surface area (TPSA) is 61.8 Å². The molecule has 242 valence electrons. The van der Waals surface area contributed by atoms with E-state index in [1.54, 1.807) is 0 Å². The number of halogens is 19. The fourth-order valence-corrected chi connectivity index (χ4v) is 5.06. The van der Waals surface area contributed by atoms with Crippen LogP contribution in [0.4, 0.5) is 83.4 Å². The Labute approximate surface area is 216 Å². The molecule has 0 radical (unpaired) electrons. The van der Waals surface area contributed by atoms with Gasteiger partial charge in [-0.1, -0.05) is 6.58 Å². The summed E-state index contributed by atoms with van der Waals surface area (Å²) >= 11 is 0. The maximum Gasteiger partial charge on any atom is 0.542 e. The van der Waals surface area contributed by atoms with Crippen LogP contribution in [0.3, 0.4) is 0 Å². The second-order valence-corrected chi connectivity index (χ2v) is 9.08. The molecule has 0 amide bonds. The van der Waals surface area contributed by atoms with Crippen molar-refractivity contribution in [3.63, 3.8) is 0 Å². The fourth-order valence-electron chi connectivity index (χ4n) is 5.06. The molecular weight excluding hydrogens is 657 g/mol. The number of hydrogen-bond acceptors (Lipinski definition) is 5. The van der Waals surface area contributed by atoms with Crippen LogP contribution in [-0.4, -0.2) is 83.5 Å². The van der Waals surface area contributed by atoms with Crippen LogP contribution >= 0.6 is 0 Å². The van der Waals surface area contributed by atoms with E-state index in [0.29, 0.717) is 0 Å². The summed E-state index contributed by atoms with van der Waals surface area (Å²) in [5, 5.41) is 0. The molecule has 24 heteroatoms. The third kappa shape index (κ3) is 2.73. The third-order valence-corrected chi connectivity index (χ3v) is 6.89. The van der Waals surface area contributed by atoms with Crippen LogP contribution in [0.15, 0.2) is 12.2 Å². The van der Waals surface area contributed by atoms with Crippen LogP contribution in [0.2, 0.25) is 0 Å². The predicted octanol–water partition coefficient (Wildman–Crippen LogP) is 5.77. The molecule has 4 aliphatic carbocycles. The Balaban J connectivity index is 2.33. The van der Waals surface area contributed by atoms with Gasteiger partial charge in [0.05, 0.1) is 0 Å². The van der Waals surface area contributed by atoms with Gasteiger partial charge in [-0.3, -0.25) is 0 Å². The molecule has 4 saturated carbocycles. The maximum atomic E-state index is 15.0. The number of hydrogen-bond donors (Lipinski definition) is 0. The molecule has 0 aromatic heterocycles. The molecule has 0 unspecified atom stereocenters. The van der Waals surface area contributed by atoms with Gasteiger partial charge in [0.25, 0.3) is 5.41 Å². The average Bonchev–Trinajstić information content (AvgIpc) is 2.75. The molecule has 0 aromatic carbocycles. The maximum absolute atomic E-state index is 15.0. The van der Waals surface area contributed by atoms with Crippen molar-refractivity contribution in [2.75, 3.05) is 6.61 Å². The van der Waals surface area contributed by atoms with Gasteiger partial charge in [-0.25, -0.2) is 53.8 Å². The molecule has 0 atom stereocenters. The molecule has 42 heavy (non-hydrogen) atoms. The van der Waals surface area contributed by atoms with E-state index in [2.05, 4.69) is 16.1 Å². The summed E-state index contributed by atoms with van der Waals surface area (Å²) in [6.07, 6.45) is -15.4. The van der Waals surface area contributed by atoms with Crippen molar-refractivity contribution in [3.05, 3.63) is 12.2 Å². The van der Waals surface area contributed by atoms with Gasteiger partial charge >= 0.3 is 76.9 Å². The van der Waals surface area contributed by atoms with Crippen LogP contribution in [0, 0.1) is 5.41 Å². The first-order valence-electron chi connectivity index (χ1n) is 10.0. The van der Waals surface area contributed by atoms with Crippen molar-refractivity contribution in [3.8, 4) is 0 Å². The summed E-state index contributed by atoms with van der Waals surface area (Å²) in [6.45, 7) is 1.57. The number of esters is 2. The van der Waals surface area contributed by atoms with E-state index in [-0.39, 0.29) is 0 Å². The zero-order chi connectivity index (χ0) is 33.6. The van der Waals surface area contributed by atoms with Gasteiger partial charge in [-0.2, -0.15) is 35.1 Å². The summed E-state index contributed by atoms with van der Waals surface area (Å²) in [5.41, 5.74) is -34.9. The van der Waals surface area contributed by atoms with Crippen LogP contribution in [0.25, 0.3) is 0 Å². The van der Waals surface area contributed by atoms with Crippen LogP contribution < -0.4 is 0 Å². The van der Waals surface area contributed by atoms with Crippen molar-refractivity contribution < 1.29 is 107 Å². The number of alkyl halides is 19. The smallest absolute Gasteiger partial charge is 0.450 e. The molecular formula is C18H7F19O5. The highest BCUT2D eigenvalue weighted by molar-refractivity contribution is 5.88. The molecule has 0 spiro atoms. The van der Waals surface area contributed by atoms with Crippen LogP contribution in [0.5, 0.6) is 0 Å². The lowest BCUT2D eigenvalue weighted by molar-refractivity contribution is -0.649. The van der Waals surface area contributed by atoms with E-state index in [1.807, 2.05) is 4.74 Å². The summed E-state index contributed by atoms with van der Waals surface area (Å²) in [7, 11) is 0. The van der Waals surface area contributed by atoms with Gasteiger partial charge in [-0.05, 0) is 6.92 Å². The number of ether oxygens (including phenoxy) is 3. The zero-order valence-corrected chi connectivity index (χ0v) is 19.1. The van der Waals surface area contributed by atoms with E-state index in [0.717, 1.165) is 6.92 Å². The van der Waals surface area contributed by atoms with E-state index < -0.39 is 94.5 Å². The Bertz CT molecular complexity index is 1130. The van der Waals surface area contributed by atoms with Crippen molar-refractivity contribution in [2.45, 2.75) is 71.9 Å². The minimum atomic E-state index is -8.79. The summed E-state index contributed by atoms with van der Waals surface area (Å²) < 4.78 is 286. The highest BCUT2D eigenvalue weighted by Gasteiger charge is 3.25. The molecule has 4 fully saturated rings. The van der Waals surface area contributed by atoms with Crippen LogP contribution in [0.1, 0.15) is 6.92 Å². The van der Waals surface area contributed by atoms with Gasteiger partial charge in [0, 0.05) is 5.57 Å². The van der Waals surface area contributed by atoms with E-state index in [9.17, 15) is 93.0 Å². The highest BCUT2D eigenvalue weighted by atomic mass is 19.4. The van der Waals surface area contributed by atoms with Gasteiger partial charge in [0.1, 0.15) is 0 Å². The lowest BCUT2D eigenvalue weighted by atomic mass is 9.36. The molecule has 0 heterocycles. The number of carbonyl (C=O) groups excluding carboxylic acids is 2. The Morgan fingerprint density at radius 3 is 1.21 bits per heavy atom. The van der Waals surface area contributed by atoms with E-state index in [1.165, 1.54) is 0 Å². The third-order valence-electron chi connectivity index (χ3n) is 6.89. The lowest BCUT2D eigenvalue weighted by Gasteiger charge is -2.75. The molecule has 0 aromatic rings. The van der Waals surface area contributed by atoms with Crippen molar-refractivity contribution in [2.24, 2.45) is 5.41 Å². The first kappa shape index (κ1) is 33.8. The fraction of sp³-hybridized carbons (Fsp3) is 0.778. The summed E-state index contributed by atoms with van der Waals surface area (Å²) in [5.74, 6) is -56.3. The van der Waals surface area contributed by atoms with Crippen molar-refractivity contribution in [1.29, 1.82) is 0 Å². The molecule has 0 N–H and O–H groups in total. The van der Waals surface area contributed by atoms with Gasteiger partial charge in [0.15, 0.2) is 6.61 Å². The zero-order valence-electron chi connectivity index (χ0n) is 19.1. The quantitative estimate of drug-likeness (QED) is 0.150. The first-order chi connectivity index (χ1) is 18.2. The SMILES string of the molecule is C=C(C)C(=O)OCC(=O)OC(F)(F)OC(F)(F)C12C(F)(F)C3(F)C(F)(F)C(F)(C(F)(F)C(F)(C3(F)F)C1(F)F)C2(F)F. The van der Waals surface area contributed by atoms with Crippen molar-refractivity contribution in [1.82, 2.24) is 0 Å². The molecule has 4 aliphatic rings. The predicted molar refractivity (Wildman–Crippen MR) is 86.5 cm³/mol. The summed E-state index contributed by atoms with van der Waals surface area (Å²) in [6, 6.07) is 0. The lowest BCUT2D eigenvalue weighted by Crippen LogP contribution is -3.09. The van der Waals surface area contributed by atoms with Gasteiger partial charge < -0.3 is 9.47 Å². The Morgan fingerprint density at radius 2 is 0.929 bits per heavy atom. The standard InChI is InChI=1S/C18H7F19O5/c1-4(2)6(39)40-3-5(38)41-18(36,37)42-17(34,35)7-11(22,23)8(19)14(28,29)9(20,12(7,24)25)16(32,33)10(21,13(7,26)27)15(8,30)31/h1,3H2,2H3. The monoisotopic (exact) mass is 664 g/mol. The van der Waals surface area contributed by atoms with Crippen LogP contribution in [-0.2, 0) is 23.8 Å². The molecule has 4 bridgehead atoms. The normalized spacial score (nSPS) is 38.1. The molecule has 4 rings (SSSR count).